The molecule has 2 rings (SSSR count). The molecule has 3 N–H and O–H groups in total. The van der Waals surface area contributed by atoms with E-state index in [4.69, 9.17) is 5.73 Å². The maximum Gasteiger partial charge on any atom is 0.242 e. The molecule has 0 aromatic carbocycles. The van der Waals surface area contributed by atoms with Crippen molar-refractivity contribution < 1.29 is 4.79 Å². The zero-order valence-corrected chi connectivity index (χ0v) is 10.4. The van der Waals surface area contributed by atoms with Gasteiger partial charge in [-0.15, -0.1) is 0 Å². The van der Waals surface area contributed by atoms with Crippen LogP contribution in [0.4, 0.5) is 5.69 Å². The predicted octanol–water partition coefficient (Wildman–Crippen LogP) is -0.176. The Morgan fingerprint density at radius 3 is 2.78 bits per heavy atom. The van der Waals surface area contributed by atoms with Crippen molar-refractivity contribution >= 4 is 11.6 Å². The molecule has 7 heteroatoms. The SMILES string of the molecule is Cc1c(CNC(=O)Cn2cc(N)cn2)cnn1C. The predicted molar refractivity (Wildman–Crippen MR) is 66.4 cm³/mol. The second-order valence-corrected chi connectivity index (χ2v) is 4.13. The summed E-state index contributed by atoms with van der Waals surface area (Å²) in [5.74, 6) is -0.110. The molecule has 0 radical (unpaired) electrons. The van der Waals surface area contributed by atoms with Crippen molar-refractivity contribution in [3.8, 4) is 0 Å². The van der Waals surface area contributed by atoms with Crippen molar-refractivity contribution in [1.82, 2.24) is 24.9 Å². The Bertz CT molecular complexity index is 556. The van der Waals surface area contributed by atoms with Gasteiger partial charge in [0.25, 0.3) is 0 Å². The molecule has 0 saturated carbocycles. The first kappa shape index (κ1) is 12.2. The fourth-order valence-corrected chi connectivity index (χ4v) is 1.58. The lowest BCUT2D eigenvalue weighted by Crippen LogP contribution is -2.27. The van der Waals surface area contributed by atoms with E-state index in [2.05, 4.69) is 15.5 Å². The summed E-state index contributed by atoms with van der Waals surface area (Å²) in [5.41, 5.74) is 8.11. The third kappa shape index (κ3) is 2.68. The highest BCUT2D eigenvalue weighted by molar-refractivity contribution is 5.75. The van der Waals surface area contributed by atoms with Gasteiger partial charge in [-0.2, -0.15) is 10.2 Å². The molecule has 0 fully saturated rings. The van der Waals surface area contributed by atoms with E-state index in [9.17, 15) is 4.79 Å². The van der Waals surface area contributed by atoms with Gasteiger partial charge in [0.15, 0.2) is 0 Å². The number of carbonyl (C=O) groups is 1. The highest BCUT2D eigenvalue weighted by Crippen LogP contribution is 2.04. The average molecular weight is 248 g/mol. The number of nitrogens with two attached hydrogens (primary N) is 1. The zero-order chi connectivity index (χ0) is 13.1. The normalized spacial score (nSPS) is 10.6. The first-order valence-corrected chi connectivity index (χ1v) is 5.58. The number of aromatic nitrogens is 4. The van der Waals surface area contributed by atoms with Crippen LogP contribution in [0, 0.1) is 6.92 Å². The van der Waals surface area contributed by atoms with E-state index in [-0.39, 0.29) is 12.5 Å². The van der Waals surface area contributed by atoms with Crippen molar-refractivity contribution in [2.24, 2.45) is 7.05 Å². The molecule has 0 aliphatic heterocycles. The van der Waals surface area contributed by atoms with Crippen LogP contribution in [0.5, 0.6) is 0 Å². The number of anilines is 1. The van der Waals surface area contributed by atoms with Gasteiger partial charge < -0.3 is 11.1 Å². The summed E-state index contributed by atoms with van der Waals surface area (Å²) in [6.45, 7) is 2.59. The van der Waals surface area contributed by atoms with Gasteiger partial charge in [-0.05, 0) is 6.92 Å². The van der Waals surface area contributed by atoms with Gasteiger partial charge in [0.1, 0.15) is 6.54 Å². The summed E-state index contributed by atoms with van der Waals surface area (Å²) < 4.78 is 3.27. The molecule has 0 bridgehead atoms. The fraction of sp³-hybridized carbons (Fsp3) is 0.364. The first-order valence-electron chi connectivity index (χ1n) is 5.58. The minimum atomic E-state index is -0.110. The number of rotatable bonds is 4. The van der Waals surface area contributed by atoms with Crippen molar-refractivity contribution in [2.45, 2.75) is 20.0 Å². The Kier molecular flexibility index (Phi) is 3.31. The van der Waals surface area contributed by atoms with Gasteiger partial charge in [-0.3, -0.25) is 14.2 Å². The number of nitrogens with one attached hydrogen (secondary N) is 1. The quantitative estimate of drug-likeness (QED) is 0.785. The molecular weight excluding hydrogens is 232 g/mol. The van der Waals surface area contributed by atoms with E-state index in [1.807, 2.05) is 14.0 Å². The molecular formula is C11H16N6O. The molecule has 0 aliphatic carbocycles. The Labute approximate surface area is 105 Å². The Hall–Kier alpha value is -2.31. The van der Waals surface area contributed by atoms with Crippen molar-refractivity contribution in [1.29, 1.82) is 0 Å². The van der Waals surface area contributed by atoms with Crippen molar-refractivity contribution in [3.63, 3.8) is 0 Å². The van der Waals surface area contributed by atoms with E-state index < -0.39 is 0 Å². The summed E-state index contributed by atoms with van der Waals surface area (Å²) in [4.78, 5) is 11.7. The Morgan fingerprint density at radius 2 is 2.22 bits per heavy atom. The summed E-state index contributed by atoms with van der Waals surface area (Å²) in [6.07, 6.45) is 4.88. The maximum atomic E-state index is 11.7. The van der Waals surface area contributed by atoms with E-state index in [0.717, 1.165) is 11.3 Å². The van der Waals surface area contributed by atoms with Crippen LogP contribution in [0.3, 0.4) is 0 Å². The van der Waals surface area contributed by atoms with Crippen LogP contribution in [0.15, 0.2) is 18.6 Å². The van der Waals surface area contributed by atoms with Gasteiger partial charge in [0.2, 0.25) is 5.91 Å². The lowest BCUT2D eigenvalue weighted by molar-refractivity contribution is -0.122. The highest BCUT2D eigenvalue weighted by Gasteiger charge is 2.07. The minimum absolute atomic E-state index is 0.110. The van der Waals surface area contributed by atoms with Crippen LogP contribution in [0.2, 0.25) is 0 Å². The van der Waals surface area contributed by atoms with E-state index in [0.29, 0.717) is 12.2 Å². The topological polar surface area (TPSA) is 90.8 Å². The van der Waals surface area contributed by atoms with Gasteiger partial charge >= 0.3 is 0 Å². The van der Waals surface area contributed by atoms with Crippen molar-refractivity contribution in [2.75, 3.05) is 5.73 Å². The van der Waals surface area contributed by atoms with Crippen LogP contribution in [-0.4, -0.2) is 25.5 Å². The Balaban J connectivity index is 1.87. The second kappa shape index (κ2) is 4.91. The van der Waals surface area contributed by atoms with Crippen molar-refractivity contribution in [3.05, 3.63) is 29.8 Å². The molecule has 2 aromatic heterocycles. The van der Waals surface area contributed by atoms with E-state index in [1.165, 1.54) is 10.9 Å². The van der Waals surface area contributed by atoms with Crippen LogP contribution >= 0.6 is 0 Å². The molecule has 18 heavy (non-hydrogen) atoms. The zero-order valence-electron chi connectivity index (χ0n) is 10.4. The average Bonchev–Trinajstić information content (AvgIpc) is 2.86. The van der Waals surface area contributed by atoms with Gasteiger partial charge in [-0.1, -0.05) is 0 Å². The maximum absolute atomic E-state index is 11.7. The van der Waals surface area contributed by atoms with Crippen LogP contribution in [-0.2, 0) is 24.9 Å². The van der Waals surface area contributed by atoms with Gasteiger partial charge in [0, 0.05) is 31.0 Å². The molecule has 2 aromatic rings. The third-order valence-electron chi connectivity index (χ3n) is 2.77. The number of nitrogens with zero attached hydrogens (tertiary/aromatic N) is 4. The summed E-state index contributed by atoms with van der Waals surface area (Å²) in [6, 6.07) is 0. The molecule has 0 spiro atoms. The van der Waals surface area contributed by atoms with Gasteiger partial charge in [0.05, 0.1) is 18.1 Å². The standard InChI is InChI=1S/C11H16N6O/c1-8-9(4-14-16(8)2)3-13-11(18)7-17-6-10(12)5-15-17/h4-6H,3,7,12H2,1-2H3,(H,13,18). The fourth-order valence-electron chi connectivity index (χ4n) is 1.58. The van der Waals surface area contributed by atoms with Gasteiger partial charge in [-0.25, -0.2) is 0 Å². The molecule has 0 atom stereocenters. The number of carbonyl (C=O) groups excluding carboxylic acids is 1. The largest absolute Gasteiger partial charge is 0.396 e. The minimum Gasteiger partial charge on any atom is -0.396 e. The van der Waals surface area contributed by atoms with E-state index in [1.54, 1.807) is 17.1 Å². The molecule has 7 nitrogen and oxygen atoms in total. The molecule has 0 unspecified atom stereocenters. The third-order valence-corrected chi connectivity index (χ3v) is 2.77. The highest BCUT2D eigenvalue weighted by atomic mass is 16.2. The lowest BCUT2D eigenvalue weighted by atomic mass is 10.2. The number of amides is 1. The Morgan fingerprint density at radius 1 is 1.44 bits per heavy atom. The monoisotopic (exact) mass is 248 g/mol. The number of hydrogen-bond donors (Lipinski definition) is 2. The first-order chi connectivity index (χ1) is 8.56. The van der Waals surface area contributed by atoms with E-state index >= 15 is 0 Å². The molecule has 0 saturated heterocycles. The number of nitrogen functional groups attached to an aromatic ring is 1. The van der Waals surface area contributed by atoms with Crippen LogP contribution < -0.4 is 11.1 Å². The summed E-state index contributed by atoms with van der Waals surface area (Å²) >= 11 is 0. The molecule has 2 heterocycles. The molecule has 96 valence electrons. The number of aryl methyl sites for hydroxylation is 1. The van der Waals surface area contributed by atoms with Crippen LogP contribution in [0.1, 0.15) is 11.3 Å². The smallest absolute Gasteiger partial charge is 0.242 e. The second-order valence-electron chi connectivity index (χ2n) is 4.13. The van der Waals surface area contributed by atoms with Crippen LogP contribution in [0.25, 0.3) is 0 Å². The lowest BCUT2D eigenvalue weighted by Gasteiger charge is -2.05. The summed E-state index contributed by atoms with van der Waals surface area (Å²) in [5, 5.41) is 10.9. The molecule has 1 amide bonds. The molecule has 0 aliphatic rings. The summed E-state index contributed by atoms with van der Waals surface area (Å²) in [7, 11) is 1.87. The number of hydrogen-bond acceptors (Lipinski definition) is 4.